The van der Waals surface area contributed by atoms with Gasteiger partial charge in [-0.15, -0.1) is 0 Å². The van der Waals surface area contributed by atoms with E-state index < -0.39 is 11.9 Å². The Bertz CT molecular complexity index is 572. The summed E-state index contributed by atoms with van der Waals surface area (Å²) in [5.74, 6) is 0.175. The van der Waals surface area contributed by atoms with Crippen LogP contribution in [0.4, 0.5) is 4.39 Å². The summed E-state index contributed by atoms with van der Waals surface area (Å²) in [4.78, 5) is 0. The zero-order valence-electron chi connectivity index (χ0n) is 10.4. The van der Waals surface area contributed by atoms with Crippen LogP contribution >= 0.6 is 11.6 Å². The fourth-order valence-corrected chi connectivity index (χ4v) is 2.03. The molecule has 2 rings (SSSR count). The third kappa shape index (κ3) is 3.25. The van der Waals surface area contributed by atoms with Gasteiger partial charge >= 0.3 is 0 Å². The van der Waals surface area contributed by atoms with Gasteiger partial charge < -0.3 is 9.84 Å². The first-order valence-corrected chi connectivity index (χ1v) is 6.24. The number of rotatable bonds is 4. The van der Waals surface area contributed by atoms with Gasteiger partial charge in [-0.1, -0.05) is 35.9 Å². The van der Waals surface area contributed by atoms with Crippen molar-refractivity contribution in [3.05, 3.63) is 64.4 Å². The van der Waals surface area contributed by atoms with E-state index in [0.29, 0.717) is 17.7 Å². The van der Waals surface area contributed by atoms with Crippen LogP contribution in [-0.2, 0) is 6.42 Å². The summed E-state index contributed by atoms with van der Waals surface area (Å²) in [6, 6.07) is 11.7. The molecule has 0 aliphatic heterocycles. The van der Waals surface area contributed by atoms with Crippen molar-refractivity contribution in [3.63, 3.8) is 0 Å². The van der Waals surface area contributed by atoms with Crippen molar-refractivity contribution in [2.24, 2.45) is 0 Å². The molecule has 19 heavy (non-hydrogen) atoms. The molecule has 100 valence electrons. The molecule has 0 saturated heterocycles. The van der Waals surface area contributed by atoms with Gasteiger partial charge in [-0.3, -0.25) is 0 Å². The number of halogens is 2. The number of hydrogen-bond acceptors (Lipinski definition) is 2. The highest BCUT2D eigenvalue weighted by molar-refractivity contribution is 6.30. The van der Waals surface area contributed by atoms with Crippen LogP contribution < -0.4 is 4.74 Å². The molecule has 2 nitrogen and oxygen atoms in total. The van der Waals surface area contributed by atoms with Gasteiger partial charge in [0, 0.05) is 6.42 Å². The average molecular weight is 281 g/mol. The maximum Gasteiger partial charge on any atom is 0.142 e. The molecule has 1 atom stereocenters. The molecule has 0 aromatic heterocycles. The van der Waals surface area contributed by atoms with Crippen molar-refractivity contribution in [1.29, 1.82) is 0 Å². The maximum absolute atomic E-state index is 13.4. The Hall–Kier alpha value is -1.58. The number of benzene rings is 2. The second kappa shape index (κ2) is 6.04. The Kier molecular flexibility index (Phi) is 4.40. The van der Waals surface area contributed by atoms with Gasteiger partial charge in [0.1, 0.15) is 11.6 Å². The number of para-hydroxylation sites is 1. The van der Waals surface area contributed by atoms with Crippen LogP contribution in [0, 0.1) is 5.82 Å². The standard InChI is InChI=1S/C15H14ClFO2/c1-19-15-5-3-2-4-11(15)9-14(18)10-6-7-12(16)13(17)8-10/h2-8,14,18H,9H2,1H3. The van der Waals surface area contributed by atoms with E-state index in [9.17, 15) is 9.50 Å². The fraction of sp³-hybridized carbons (Fsp3) is 0.200. The van der Waals surface area contributed by atoms with E-state index in [1.807, 2.05) is 24.3 Å². The molecule has 0 spiro atoms. The summed E-state index contributed by atoms with van der Waals surface area (Å²) >= 11 is 5.62. The lowest BCUT2D eigenvalue weighted by atomic mass is 10.0. The molecule has 0 aliphatic rings. The third-order valence-corrected chi connectivity index (χ3v) is 3.24. The molecule has 4 heteroatoms. The lowest BCUT2D eigenvalue weighted by Gasteiger charge is -2.14. The van der Waals surface area contributed by atoms with Gasteiger partial charge in [-0.2, -0.15) is 0 Å². The number of hydrogen-bond donors (Lipinski definition) is 1. The molecule has 2 aromatic carbocycles. The number of aliphatic hydroxyl groups is 1. The maximum atomic E-state index is 13.4. The normalized spacial score (nSPS) is 12.2. The molecular weight excluding hydrogens is 267 g/mol. The van der Waals surface area contributed by atoms with Crippen LogP contribution in [0.25, 0.3) is 0 Å². The minimum Gasteiger partial charge on any atom is -0.496 e. The van der Waals surface area contributed by atoms with Crippen LogP contribution in [0.5, 0.6) is 5.75 Å². The van der Waals surface area contributed by atoms with E-state index in [4.69, 9.17) is 16.3 Å². The van der Waals surface area contributed by atoms with Crippen molar-refractivity contribution in [3.8, 4) is 5.75 Å². The van der Waals surface area contributed by atoms with Crippen molar-refractivity contribution in [1.82, 2.24) is 0 Å². The van der Waals surface area contributed by atoms with Crippen molar-refractivity contribution in [2.45, 2.75) is 12.5 Å². The molecule has 0 amide bonds. The lowest BCUT2D eigenvalue weighted by molar-refractivity contribution is 0.177. The average Bonchev–Trinajstić information content (AvgIpc) is 2.42. The first-order valence-electron chi connectivity index (χ1n) is 5.86. The zero-order valence-corrected chi connectivity index (χ0v) is 11.2. The van der Waals surface area contributed by atoms with Crippen molar-refractivity contribution < 1.29 is 14.2 Å². The quantitative estimate of drug-likeness (QED) is 0.924. The molecule has 0 heterocycles. The Balaban J connectivity index is 2.20. The summed E-state index contributed by atoms with van der Waals surface area (Å²) in [6.07, 6.45) is -0.450. The largest absolute Gasteiger partial charge is 0.496 e. The van der Waals surface area contributed by atoms with E-state index in [1.165, 1.54) is 12.1 Å². The van der Waals surface area contributed by atoms with E-state index in [0.717, 1.165) is 5.56 Å². The van der Waals surface area contributed by atoms with E-state index in [2.05, 4.69) is 0 Å². The second-order valence-electron chi connectivity index (χ2n) is 4.21. The molecular formula is C15H14ClFO2. The minimum absolute atomic E-state index is 0.0493. The minimum atomic E-state index is -0.803. The van der Waals surface area contributed by atoms with Crippen LogP contribution in [0.1, 0.15) is 17.2 Å². The highest BCUT2D eigenvalue weighted by atomic mass is 35.5. The van der Waals surface area contributed by atoms with E-state index in [1.54, 1.807) is 13.2 Å². The summed E-state index contributed by atoms with van der Waals surface area (Å²) in [6.45, 7) is 0. The topological polar surface area (TPSA) is 29.5 Å². The van der Waals surface area contributed by atoms with Gasteiger partial charge in [-0.25, -0.2) is 4.39 Å². The zero-order chi connectivity index (χ0) is 13.8. The lowest BCUT2D eigenvalue weighted by Crippen LogP contribution is -2.03. The predicted molar refractivity (Wildman–Crippen MR) is 73.1 cm³/mol. The summed E-state index contributed by atoms with van der Waals surface area (Å²) in [7, 11) is 1.58. The van der Waals surface area contributed by atoms with Crippen molar-refractivity contribution >= 4 is 11.6 Å². The highest BCUT2D eigenvalue weighted by Crippen LogP contribution is 2.26. The summed E-state index contributed by atoms with van der Waals surface area (Å²) in [5, 5.41) is 10.2. The van der Waals surface area contributed by atoms with Gasteiger partial charge in [0.2, 0.25) is 0 Å². The van der Waals surface area contributed by atoms with Crippen molar-refractivity contribution in [2.75, 3.05) is 7.11 Å². The SMILES string of the molecule is COc1ccccc1CC(O)c1ccc(Cl)c(F)c1. The second-order valence-corrected chi connectivity index (χ2v) is 4.61. The molecule has 0 radical (unpaired) electrons. The van der Waals surface area contributed by atoms with E-state index >= 15 is 0 Å². The van der Waals surface area contributed by atoms with E-state index in [-0.39, 0.29) is 5.02 Å². The van der Waals surface area contributed by atoms with Gasteiger partial charge in [-0.05, 0) is 29.3 Å². The summed E-state index contributed by atoms with van der Waals surface area (Å²) < 4.78 is 18.6. The Labute approximate surface area is 116 Å². The Morgan fingerprint density at radius 2 is 2.00 bits per heavy atom. The monoisotopic (exact) mass is 280 g/mol. The molecule has 1 unspecified atom stereocenters. The molecule has 0 saturated carbocycles. The van der Waals surface area contributed by atoms with Gasteiger partial charge in [0.15, 0.2) is 0 Å². The number of ether oxygens (including phenoxy) is 1. The smallest absolute Gasteiger partial charge is 0.142 e. The van der Waals surface area contributed by atoms with Crippen LogP contribution in [0.15, 0.2) is 42.5 Å². The first-order chi connectivity index (χ1) is 9.11. The van der Waals surface area contributed by atoms with Crippen LogP contribution in [0.2, 0.25) is 5.02 Å². The third-order valence-electron chi connectivity index (χ3n) is 2.93. The first kappa shape index (κ1) is 13.8. The number of aliphatic hydroxyl groups excluding tert-OH is 1. The van der Waals surface area contributed by atoms with Gasteiger partial charge in [0.05, 0.1) is 18.2 Å². The highest BCUT2D eigenvalue weighted by Gasteiger charge is 2.13. The van der Waals surface area contributed by atoms with Crippen LogP contribution in [-0.4, -0.2) is 12.2 Å². The Morgan fingerprint density at radius 1 is 1.26 bits per heavy atom. The summed E-state index contributed by atoms with van der Waals surface area (Å²) in [5.41, 5.74) is 1.36. The Morgan fingerprint density at radius 3 is 2.68 bits per heavy atom. The predicted octanol–water partition coefficient (Wildman–Crippen LogP) is 3.76. The molecule has 0 bridgehead atoms. The van der Waals surface area contributed by atoms with Gasteiger partial charge in [0.25, 0.3) is 0 Å². The molecule has 0 aliphatic carbocycles. The molecule has 2 aromatic rings. The van der Waals surface area contributed by atoms with Crippen LogP contribution in [0.3, 0.4) is 0 Å². The fourth-order valence-electron chi connectivity index (χ4n) is 1.92. The molecule has 1 N–H and O–H groups in total. The molecule has 0 fully saturated rings. The number of methoxy groups -OCH3 is 1.